The van der Waals surface area contributed by atoms with Crippen LogP contribution in [0.4, 0.5) is 5.82 Å². The van der Waals surface area contributed by atoms with Gasteiger partial charge in [0.15, 0.2) is 17.1 Å². The van der Waals surface area contributed by atoms with Gasteiger partial charge in [0.2, 0.25) is 0 Å². The van der Waals surface area contributed by atoms with Gasteiger partial charge in [0.1, 0.15) is 11.6 Å². The lowest BCUT2D eigenvalue weighted by molar-refractivity contribution is 0.196. The van der Waals surface area contributed by atoms with Crippen molar-refractivity contribution in [3.8, 4) is 22.8 Å². The van der Waals surface area contributed by atoms with E-state index in [4.69, 9.17) is 24.6 Å². The van der Waals surface area contributed by atoms with Gasteiger partial charge in [-0.1, -0.05) is 12.1 Å². The molecule has 0 unspecified atom stereocenters. The van der Waals surface area contributed by atoms with Crippen LogP contribution in [-0.4, -0.2) is 46.8 Å². The van der Waals surface area contributed by atoms with Crippen molar-refractivity contribution >= 4 is 11.5 Å². The second-order valence-corrected chi connectivity index (χ2v) is 8.52. The average molecular weight is 448 g/mol. The number of nitrogens with two attached hydrogens (primary N) is 1. The van der Waals surface area contributed by atoms with Crippen LogP contribution in [0.15, 0.2) is 47.1 Å². The van der Waals surface area contributed by atoms with E-state index in [1.54, 1.807) is 25.0 Å². The highest BCUT2D eigenvalue weighted by Gasteiger charge is 2.25. The molecule has 1 atom stereocenters. The SMILES string of the molecule is COc1cccc(CN2CCC[C@H](c3cc(N)n4nc(-c5ccoc5C)cc4n3)C2)c1OC. The molecule has 3 aromatic heterocycles. The van der Waals surface area contributed by atoms with Gasteiger partial charge in [-0.25, -0.2) is 4.98 Å². The van der Waals surface area contributed by atoms with Crippen molar-refractivity contribution in [2.24, 2.45) is 0 Å². The Morgan fingerprint density at radius 1 is 1.18 bits per heavy atom. The number of furan rings is 1. The van der Waals surface area contributed by atoms with Crippen LogP contribution in [0.2, 0.25) is 0 Å². The van der Waals surface area contributed by atoms with Gasteiger partial charge < -0.3 is 19.6 Å². The summed E-state index contributed by atoms with van der Waals surface area (Å²) >= 11 is 0. The quantitative estimate of drug-likeness (QED) is 0.472. The van der Waals surface area contributed by atoms with E-state index < -0.39 is 0 Å². The lowest BCUT2D eigenvalue weighted by Gasteiger charge is -2.33. The van der Waals surface area contributed by atoms with Crippen LogP contribution in [0.3, 0.4) is 0 Å². The summed E-state index contributed by atoms with van der Waals surface area (Å²) in [6.07, 6.45) is 3.85. The van der Waals surface area contributed by atoms with Gasteiger partial charge in [0.25, 0.3) is 0 Å². The number of benzene rings is 1. The van der Waals surface area contributed by atoms with Gasteiger partial charge in [-0.05, 0) is 38.4 Å². The molecule has 172 valence electrons. The number of ether oxygens (including phenoxy) is 2. The number of methoxy groups -OCH3 is 2. The molecule has 1 saturated heterocycles. The maximum absolute atomic E-state index is 6.39. The first-order valence-electron chi connectivity index (χ1n) is 11.2. The van der Waals surface area contributed by atoms with E-state index in [-0.39, 0.29) is 0 Å². The second-order valence-electron chi connectivity index (χ2n) is 8.52. The fourth-order valence-corrected chi connectivity index (χ4v) is 4.77. The van der Waals surface area contributed by atoms with Gasteiger partial charge in [-0.15, -0.1) is 0 Å². The number of hydrogen-bond acceptors (Lipinski definition) is 7. The number of para-hydroxylation sites is 1. The molecule has 8 heteroatoms. The molecule has 4 heterocycles. The summed E-state index contributed by atoms with van der Waals surface area (Å²) in [5.41, 5.74) is 11.0. The van der Waals surface area contributed by atoms with E-state index in [9.17, 15) is 0 Å². The third-order valence-corrected chi connectivity index (χ3v) is 6.41. The van der Waals surface area contributed by atoms with Crippen molar-refractivity contribution in [2.45, 2.75) is 32.2 Å². The summed E-state index contributed by atoms with van der Waals surface area (Å²) in [5, 5.41) is 4.64. The minimum atomic E-state index is 0.302. The van der Waals surface area contributed by atoms with Crippen molar-refractivity contribution in [1.29, 1.82) is 0 Å². The average Bonchev–Trinajstić information content (AvgIpc) is 3.45. The highest BCUT2D eigenvalue weighted by atomic mass is 16.5. The summed E-state index contributed by atoms with van der Waals surface area (Å²) in [6.45, 7) is 4.66. The summed E-state index contributed by atoms with van der Waals surface area (Å²) in [6, 6.07) is 11.9. The number of likely N-dealkylation sites (tertiary alicyclic amines) is 1. The molecule has 1 aliphatic heterocycles. The van der Waals surface area contributed by atoms with Gasteiger partial charge >= 0.3 is 0 Å². The number of nitrogens with zero attached hydrogens (tertiary/aromatic N) is 4. The maximum Gasteiger partial charge on any atom is 0.165 e. The van der Waals surface area contributed by atoms with E-state index >= 15 is 0 Å². The smallest absolute Gasteiger partial charge is 0.165 e. The Bertz CT molecular complexity index is 1280. The van der Waals surface area contributed by atoms with E-state index in [0.717, 1.165) is 77.9 Å². The van der Waals surface area contributed by atoms with Crippen LogP contribution >= 0.6 is 0 Å². The normalized spacial score (nSPS) is 16.9. The zero-order valence-corrected chi connectivity index (χ0v) is 19.2. The highest BCUT2D eigenvalue weighted by molar-refractivity contribution is 5.66. The second kappa shape index (κ2) is 8.78. The molecule has 1 fully saturated rings. The number of aryl methyl sites for hydroxylation is 1. The first kappa shape index (κ1) is 21.3. The summed E-state index contributed by atoms with van der Waals surface area (Å²) in [7, 11) is 3.35. The molecular weight excluding hydrogens is 418 g/mol. The molecule has 2 N–H and O–H groups in total. The number of anilines is 1. The Labute approximate surface area is 192 Å². The molecule has 0 saturated carbocycles. The maximum atomic E-state index is 6.39. The number of fused-ring (bicyclic) bond motifs is 1. The molecule has 5 rings (SSSR count). The van der Waals surface area contributed by atoms with Gasteiger partial charge in [-0.3, -0.25) is 4.90 Å². The summed E-state index contributed by atoms with van der Waals surface area (Å²) in [5.74, 6) is 3.28. The Morgan fingerprint density at radius 2 is 2.06 bits per heavy atom. The Hall–Kier alpha value is -3.52. The number of nitrogen functional groups attached to an aromatic ring is 1. The zero-order valence-electron chi connectivity index (χ0n) is 19.2. The molecule has 0 aliphatic carbocycles. The van der Waals surface area contributed by atoms with Crippen LogP contribution in [0.1, 0.15) is 35.8 Å². The predicted octanol–water partition coefficient (Wildman–Crippen LogP) is 4.28. The number of rotatable bonds is 6. The van der Waals surface area contributed by atoms with Gasteiger partial charge in [0, 0.05) is 42.3 Å². The van der Waals surface area contributed by atoms with Gasteiger partial charge in [-0.2, -0.15) is 9.61 Å². The minimum Gasteiger partial charge on any atom is -0.493 e. The molecule has 1 aromatic carbocycles. The number of hydrogen-bond donors (Lipinski definition) is 1. The number of aromatic nitrogens is 3. The van der Waals surface area contributed by atoms with Crippen molar-refractivity contribution in [3.63, 3.8) is 0 Å². The molecule has 0 amide bonds. The molecule has 0 bridgehead atoms. The molecule has 0 spiro atoms. The Kier molecular flexibility index (Phi) is 5.68. The monoisotopic (exact) mass is 447 g/mol. The Morgan fingerprint density at radius 3 is 2.82 bits per heavy atom. The largest absolute Gasteiger partial charge is 0.493 e. The minimum absolute atomic E-state index is 0.302. The third-order valence-electron chi connectivity index (χ3n) is 6.41. The fourth-order valence-electron chi connectivity index (χ4n) is 4.77. The molecule has 33 heavy (non-hydrogen) atoms. The molecule has 4 aromatic rings. The highest BCUT2D eigenvalue weighted by Crippen LogP contribution is 2.34. The van der Waals surface area contributed by atoms with Crippen LogP contribution < -0.4 is 15.2 Å². The van der Waals surface area contributed by atoms with Crippen LogP contribution in [0, 0.1) is 6.92 Å². The predicted molar refractivity (Wildman–Crippen MR) is 127 cm³/mol. The van der Waals surface area contributed by atoms with Crippen LogP contribution in [0.25, 0.3) is 16.9 Å². The molecule has 8 nitrogen and oxygen atoms in total. The Balaban J connectivity index is 1.39. The topological polar surface area (TPSA) is 91.1 Å². The van der Waals surface area contributed by atoms with E-state index in [0.29, 0.717) is 11.7 Å². The van der Waals surface area contributed by atoms with Crippen molar-refractivity contribution in [3.05, 3.63) is 59.7 Å². The van der Waals surface area contributed by atoms with Gasteiger partial charge in [0.05, 0.1) is 31.9 Å². The number of piperidine rings is 1. The zero-order chi connectivity index (χ0) is 22.9. The summed E-state index contributed by atoms with van der Waals surface area (Å²) in [4.78, 5) is 7.39. The molecule has 0 radical (unpaired) electrons. The van der Waals surface area contributed by atoms with Crippen molar-refractivity contribution in [2.75, 3.05) is 33.0 Å². The van der Waals surface area contributed by atoms with E-state index in [1.807, 2.05) is 37.3 Å². The third kappa shape index (κ3) is 4.02. The van der Waals surface area contributed by atoms with Crippen molar-refractivity contribution in [1.82, 2.24) is 19.5 Å². The van der Waals surface area contributed by atoms with Crippen LogP contribution in [-0.2, 0) is 6.54 Å². The lowest BCUT2D eigenvalue weighted by Crippen LogP contribution is -2.34. The molecular formula is C25H29N5O3. The van der Waals surface area contributed by atoms with E-state index in [2.05, 4.69) is 16.1 Å². The van der Waals surface area contributed by atoms with Crippen LogP contribution in [0.5, 0.6) is 11.5 Å². The summed E-state index contributed by atoms with van der Waals surface area (Å²) < 4.78 is 18.2. The fraction of sp³-hybridized carbons (Fsp3) is 0.360. The van der Waals surface area contributed by atoms with Crippen molar-refractivity contribution < 1.29 is 13.9 Å². The van der Waals surface area contributed by atoms with E-state index in [1.165, 1.54) is 0 Å². The first-order valence-corrected chi connectivity index (χ1v) is 11.2. The molecule has 1 aliphatic rings. The standard InChI is InChI=1S/C25H29N5O3/c1-16-19(9-11-33-16)21-13-24-27-20(12-23(26)30(24)28-21)17-7-5-10-29(14-17)15-18-6-4-8-22(31-2)25(18)32-3/h4,6,8-9,11-13,17H,5,7,10,14-15,26H2,1-3H3/t17-/m0/s1. The first-order chi connectivity index (χ1) is 16.1. The lowest BCUT2D eigenvalue weighted by atomic mass is 9.94.